The number of nitrogen functional groups attached to an aromatic ring is 1. The van der Waals surface area contributed by atoms with Crippen LogP contribution in [0.1, 0.15) is 57.7 Å². The third-order valence-electron chi connectivity index (χ3n) is 4.99. The van der Waals surface area contributed by atoms with Gasteiger partial charge in [-0.2, -0.15) is 5.10 Å². The Morgan fingerprint density at radius 3 is 2.96 bits per heavy atom. The zero-order valence-corrected chi connectivity index (χ0v) is 14.9. The number of hydrogen-bond donors (Lipinski definition) is 1. The van der Waals surface area contributed by atoms with E-state index in [0.717, 1.165) is 36.9 Å². The van der Waals surface area contributed by atoms with Crippen LogP contribution in [0.15, 0.2) is 18.5 Å². The summed E-state index contributed by atoms with van der Waals surface area (Å²) in [5.74, 6) is 0.725. The van der Waals surface area contributed by atoms with Gasteiger partial charge < -0.3 is 15.2 Å². The number of ether oxygens (including phenoxy) is 2. The number of carbonyl (C=O) groups is 1. The molecule has 2 atom stereocenters. The van der Waals surface area contributed by atoms with Gasteiger partial charge in [-0.25, -0.2) is 9.50 Å². The molecule has 25 heavy (non-hydrogen) atoms. The van der Waals surface area contributed by atoms with Crippen molar-refractivity contribution in [2.24, 2.45) is 5.92 Å². The highest BCUT2D eigenvalue weighted by Crippen LogP contribution is 2.34. The van der Waals surface area contributed by atoms with Gasteiger partial charge in [0.1, 0.15) is 24.6 Å². The highest BCUT2D eigenvalue weighted by Gasteiger charge is 2.30. The summed E-state index contributed by atoms with van der Waals surface area (Å²) >= 11 is 0. The van der Waals surface area contributed by atoms with Gasteiger partial charge >= 0.3 is 5.97 Å². The predicted molar refractivity (Wildman–Crippen MR) is 93.9 cm³/mol. The van der Waals surface area contributed by atoms with Crippen LogP contribution in [0.2, 0.25) is 0 Å². The van der Waals surface area contributed by atoms with Gasteiger partial charge in [-0.3, -0.25) is 4.79 Å². The molecule has 7 nitrogen and oxygen atoms in total. The molecule has 1 aliphatic heterocycles. The van der Waals surface area contributed by atoms with Crippen LogP contribution in [0.3, 0.4) is 0 Å². The Morgan fingerprint density at radius 1 is 1.40 bits per heavy atom. The van der Waals surface area contributed by atoms with Crippen molar-refractivity contribution < 1.29 is 14.3 Å². The molecule has 0 bridgehead atoms. The van der Waals surface area contributed by atoms with E-state index in [-0.39, 0.29) is 18.2 Å². The number of rotatable bonds is 7. The van der Waals surface area contributed by atoms with Gasteiger partial charge in [-0.05, 0) is 30.9 Å². The summed E-state index contributed by atoms with van der Waals surface area (Å²) in [7, 11) is 0. The first-order chi connectivity index (χ1) is 12.1. The Balaban J connectivity index is 1.55. The molecule has 1 aliphatic rings. The molecule has 1 saturated heterocycles. The van der Waals surface area contributed by atoms with Crippen LogP contribution in [-0.2, 0) is 14.3 Å². The lowest BCUT2D eigenvalue weighted by molar-refractivity contribution is -0.148. The van der Waals surface area contributed by atoms with Crippen molar-refractivity contribution in [1.29, 1.82) is 0 Å². The SMILES string of the molecule is CCC(CC)CC(=O)OCC1CCC(c2ccc3c(N)ncnn23)O1. The number of fused-ring (bicyclic) bond motifs is 1. The minimum absolute atomic E-state index is 0.0691. The quantitative estimate of drug-likeness (QED) is 0.775. The van der Waals surface area contributed by atoms with Crippen LogP contribution >= 0.6 is 0 Å². The third-order valence-corrected chi connectivity index (χ3v) is 4.99. The van der Waals surface area contributed by atoms with E-state index in [9.17, 15) is 4.79 Å². The molecule has 0 amide bonds. The molecule has 3 rings (SSSR count). The molecule has 136 valence electrons. The van der Waals surface area contributed by atoms with Gasteiger partial charge in [0.05, 0.1) is 11.8 Å². The van der Waals surface area contributed by atoms with Crippen LogP contribution in [0.4, 0.5) is 5.82 Å². The molecule has 1 fully saturated rings. The maximum atomic E-state index is 11.9. The van der Waals surface area contributed by atoms with E-state index in [0.29, 0.717) is 24.8 Å². The summed E-state index contributed by atoms with van der Waals surface area (Å²) in [5, 5.41) is 4.26. The van der Waals surface area contributed by atoms with Gasteiger partial charge in [-0.15, -0.1) is 0 Å². The number of aromatic nitrogens is 3. The molecule has 2 aromatic heterocycles. The molecular weight excluding hydrogens is 320 g/mol. The molecule has 0 saturated carbocycles. The van der Waals surface area contributed by atoms with Gasteiger partial charge in [0, 0.05) is 6.42 Å². The van der Waals surface area contributed by atoms with Gasteiger partial charge in [0.25, 0.3) is 0 Å². The maximum Gasteiger partial charge on any atom is 0.306 e. The van der Waals surface area contributed by atoms with Crippen molar-refractivity contribution in [3.8, 4) is 0 Å². The van der Waals surface area contributed by atoms with Crippen molar-refractivity contribution in [2.45, 2.75) is 58.2 Å². The topological polar surface area (TPSA) is 91.7 Å². The van der Waals surface area contributed by atoms with Crippen molar-refractivity contribution in [3.05, 3.63) is 24.2 Å². The summed E-state index contributed by atoms with van der Waals surface area (Å²) in [4.78, 5) is 15.9. The van der Waals surface area contributed by atoms with Gasteiger partial charge in [0.2, 0.25) is 0 Å². The number of esters is 1. The van der Waals surface area contributed by atoms with E-state index < -0.39 is 0 Å². The molecule has 2 unspecified atom stereocenters. The van der Waals surface area contributed by atoms with Crippen molar-refractivity contribution in [1.82, 2.24) is 14.6 Å². The molecule has 0 radical (unpaired) electrons. The second kappa shape index (κ2) is 7.82. The lowest BCUT2D eigenvalue weighted by atomic mass is 10.00. The van der Waals surface area contributed by atoms with Gasteiger partial charge in [-0.1, -0.05) is 26.7 Å². The molecule has 2 aromatic rings. The van der Waals surface area contributed by atoms with Crippen LogP contribution in [0.5, 0.6) is 0 Å². The maximum absolute atomic E-state index is 11.9. The summed E-state index contributed by atoms with van der Waals surface area (Å²) in [6.07, 6.45) is 5.52. The molecule has 2 N–H and O–H groups in total. The standard InChI is InChI=1S/C18H26N4O3/c1-3-12(4-2)9-17(23)24-10-13-5-8-16(25-13)14-6-7-15-18(19)20-11-21-22(14)15/h6-7,11-13,16H,3-5,8-10H2,1-2H3,(H2,19,20,21). The molecule has 0 aromatic carbocycles. The number of nitrogens with zero attached hydrogens (tertiary/aromatic N) is 3. The molecule has 7 heteroatoms. The summed E-state index contributed by atoms with van der Waals surface area (Å²) in [6, 6.07) is 3.86. The Hall–Kier alpha value is -2.15. The Labute approximate surface area is 147 Å². The fourth-order valence-electron chi connectivity index (χ4n) is 3.32. The predicted octanol–water partition coefficient (Wildman–Crippen LogP) is 2.90. The Bertz CT molecular complexity index is 726. The minimum Gasteiger partial charge on any atom is -0.463 e. The minimum atomic E-state index is -0.130. The van der Waals surface area contributed by atoms with Crippen LogP contribution in [0.25, 0.3) is 5.52 Å². The second-order valence-electron chi connectivity index (χ2n) is 6.59. The average Bonchev–Trinajstić information content (AvgIpc) is 3.25. The molecule has 0 aliphatic carbocycles. The Morgan fingerprint density at radius 2 is 2.20 bits per heavy atom. The summed E-state index contributed by atoms with van der Waals surface area (Å²) < 4.78 is 13.3. The second-order valence-corrected chi connectivity index (χ2v) is 6.59. The highest BCUT2D eigenvalue weighted by atomic mass is 16.6. The van der Waals surface area contributed by atoms with Gasteiger partial charge in [0.15, 0.2) is 5.82 Å². The highest BCUT2D eigenvalue weighted by molar-refractivity contribution is 5.69. The monoisotopic (exact) mass is 346 g/mol. The van der Waals surface area contributed by atoms with E-state index in [2.05, 4.69) is 23.9 Å². The fourth-order valence-corrected chi connectivity index (χ4v) is 3.32. The Kier molecular flexibility index (Phi) is 5.53. The van der Waals surface area contributed by atoms with Crippen LogP contribution in [0, 0.1) is 5.92 Å². The summed E-state index contributed by atoms with van der Waals surface area (Å²) in [5.41, 5.74) is 7.60. The first-order valence-corrected chi connectivity index (χ1v) is 9.01. The first kappa shape index (κ1) is 17.7. The van der Waals surface area contributed by atoms with E-state index in [1.807, 2.05) is 12.1 Å². The zero-order valence-electron chi connectivity index (χ0n) is 14.9. The van der Waals surface area contributed by atoms with E-state index >= 15 is 0 Å². The van der Waals surface area contributed by atoms with Crippen LogP contribution in [-0.4, -0.2) is 33.3 Å². The van der Waals surface area contributed by atoms with Crippen LogP contribution < -0.4 is 5.73 Å². The summed E-state index contributed by atoms with van der Waals surface area (Å²) in [6.45, 7) is 4.52. The lowest BCUT2D eigenvalue weighted by Gasteiger charge is -2.15. The first-order valence-electron chi connectivity index (χ1n) is 9.01. The molecule has 3 heterocycles. The lowest BCUT2D eigenvalue weighted by Crippen LogP contribution is -2.20. The van der Waals surface area contributed by atoms with Crippen molar-refractivity contribution in [2.75, 3.05) is 12.3 Å². The van der Waals surface area contributed by atoms with Crippen molar-refractivity contribution in [3.63, 3.8) is 0 Å². The van der Waals surface area contributed by atoms with Crippen molar-refractivity contribution >= 4 is 17.3 Å². The zero-order chi connectivity index (χ0) is 17.8. The number of anilines is 1. The molecular formula is C18H26N4O3. The average molecular weight is 346 g/mol. The largest absolute Gasteiger partial charge is 0.463 e. The van der Waals surface area contributed by atoms with E-state index in [1.54, 1.807) is 4.52 Å². The third kappa shape index (κ3) is 3.92. The molecule has 0 spiro atoms. The number of hydrogen-bond acceptors (Lipinski definition) is 6. The smallest absolute Gasteiger partial charge is 0.306 e. The van der Waals surface area contributed by atoms with E-state index in [1.165, 1.54) is 6.33 Å². The number of carbonyl (C=O) groups excluding carboxylic acids is 1. The van der Waals surface area contributed by atoms with E-state index in [4.69, 9.17) is 15.2 Å². The number of nitrogens with two attached hydrogens (primary N) is 1. The normalized spacial score (nSPS) is 20.4. The fraction of sp³-hybridized carbons (Fsp3) is 0.611.